The molecule has 0 spiro atoms. The number of aromatic amines is 1. The Labute approximate surface area is 304 Å². The zero-order valence-corrected chi connectivity index (χ0v) is 31.2. The van der Waals surface area contributed by atoms with E-state index in [1.165, 1.54) is 6.07 Å². The van der Waals surface area contributed by atoms with Gasteiger partial charge in [0.1, 0.15) is 5.75 Å². The lowest BCUT2D eigenvalue weighted by molar-refractivity contribution is 0.181. The number of aromatic nitrogens is 2. The van der Waals surface area contributed by atoms with Gasteiger partial charge in [0.05, 0.1) is 17.3 Å². The van der Waals surface area contributed by atoms with Crippen LogP contribution in [0.1, 0.15) is 43.6 Å². The van der Waals surface area contributed by atoms with Crippen LogP contribution >= 0.6 is 0 Å². The maximum absolute atomic E-state index is 12.1. The van der Waals surface area contributed by atoms with Crippen molar-refractivity contribution >= 4 is 48.0 Å². The van der Waals surface area contributed by atoms with Crippen molar-refractivity contribution in [2.75, 3.05) is 11.9 Å². The number of phenolic OH excluding ortho intramolecular Hbond substituents is 1. The van der Waals surface area contributed by atoms with Gasteiger partial charge >= 0.3 is 6.09 Å². The quantitative estimate of drug-likeness (QED) is 0.0804. The number of H-pyrrole nitrogens is 1. The lowest BCUT2D eigenvalue weighted by atomic mass is 10.0. The van der Waals surface area contributed by atoms with Gasteiger partial charge in [-0.05, 0) is 82.2 Å². The highest BCUT2D eigenvalue weighted by Gasteiger charge is 2.39. The van der Waals surface area contributed by atoms with Gasteiger partial charge in [0, 0.05) is 48.4 Å². The molecule has 0 aliphatic heterocycles. The first-order valence-electron chi connectivity index (χ1n) is 17.5. The van der Waals surface area contributed by atoms with Gasteiger partial charge in [-0.25, -0.2) is 4.79 Å². The molecule has 52 heavy (non-hydrogen) atoms. The molecular weight excluding hydrogens is 669 g/mol. The molecule has 1 atom stereocenters. The van der Waals surface area contributed by atoms with Crippen LogP contribution in [0.3, 0.4) is 0 Å². The molecular formula is C42H46N4O5Si. The van der Waals surface area contributed by atoms with Crippen molar-refractivity contribution in [3.8, 4) is 16.9 Å². The van der Waals surface area contributed by atoms with Crippen LogP contribution in [0.4, 0.5) is 10.5 Å². The van der Waals surface area contributed by atoms with Crippen LogP contribution < -0.4 is 16.2 Å². The van der Waals surface area contributed by atoms with Crippen molar-refractivity contribution in [2.45, 2.75) is 58.1 Å². The summed E-state index contributed by atoms with van der Waals surface area (Å²) in [6, 6.07) is 30.8. The van der Waals surface area contributed by atoms with Gasteiger partial charge in [-0.2, -0.15) is 0 Å². The van der Waals surface area contributed by atoms with E-state index in [4.69, 9.17) is 4.43 Å². The topological polar surface area (TPSA) is 129 Å². The summed E-state index contributed by atoms with van der Waals surface area (Å²) in [7, 11) is -2.19. The number of hydrogen-bond donors (Lipinski definition) is 5. The molecule has 268 valence electrons. The Hall–Kier alpha value is -5.42. The fourth-order valence-electron chi connectivity index (χ4n) is 6.21. The standard InChI is InChI=1S/C42H46N4O5Si/c1-42(2,3)52(4,5)51-38(33-16-19-37(47)40-34(33)17-20-39(48)45-40)27-43-26-29-14-18-36-31(24-29)21-23-46(36)22-9-10-28-13-15-32(30-11-7-6-8-12-30)35(25-28)44-41(49)50/h6-21,23-25,38,43-44,47H,22,26-27H2,1-5H3,(H,45,48)(H,49,50)/t38-/m0/s1. The van der Waals surface area contributed by atoms with Gasteiger partial charge in [-0.1, -0.05) is 87.5 Å². The number of carboxylic acid groups (broad SMARTS) is 1. The highest BCUT2D eigenvalue weighted by atomic mass is 28.4. The van der Waals surface area contributed by atoms with Crippen molar-refractivity contribution in [2.24, 2.45) is 0 Å². The Morgan fingerprint density at radius 3 is 2.52 bits per heavy atom. The molecule has 2 heterocycles. The third kappa shape index (κ3) is 8.20. The van der Waals surface area contributed by atoms with Crippen LogP contribution in [0.5, 0.6) is 5.75 Å². The molecule has 10 heteroatoms. The lowest BCUT2D eigenvalue weighted by Gasteiger charge is -2.39. The minimum absolute atomic E-state index is 0.00679. The monoisotopic (exact) mass is 714 g/mol. The second-order valence-electron chi connectivity index (χ2n) is 14.6. The first-order chi connectivity index (χ1) is 24.8. The zero-order valence-electron chi connectivity index (χ0n) is 30.2. The molecule has 4 aromatic carbocycles. The highest BCUT2D eigenvalue weighted by Crippen LogP contribution is 2.41. The molecule has 0 fully saturated rings. The van der Waals surface area contributed by atoms with E-state index in [-0.39, 0.29) is 22.5 Å². The predicted molar refractivity (Wildman–Crippen MR) is 213 cm³/mol. The molecule has 0 saturated carbocycles. The summed E-state index contributed by atoms with van der Waals surface area (Å²) < 4.78 is 9.14. The molecule has 0 bridgehead atoms. The van der Waals surface area contributed by atoms with Crippen LogP contribution in [0.25, 0.3) is 39.0 Å². The van der Waals surface area contributed by atoms with Gasteiger partial charge in [-0.15, -0.1) is 0 Å². The van der Waals surface area contributed by atoms with E-state index in [2.05, 4.69) is 90.6 Å². The number of nitrogens with one attached hydrogen (secondary N) is 3. The molecule has 2 aromatic heterocycles. The van der Waals surface area contributed by atoms with E-state index >= 15 is 0 Å². The Kier molecular flexibility index (Phi) is 10.5. The highest BCUT2D eigenvalue weighted by molar-refractivity contribution is 6.74. The Balaban J connectivity index is 1.15. The van der Waals surface area contributed by atoms with Gasteiger partial charge < -0.3 is 29.5 Å². The van der Waals surface area contributed by atoms with Crippen LogP contribution in [0.2, 0.25) is 18.1 Å². The molecule has 0 saturated heterocycles. The molecule has 0 aliphatic carbocycles. The fourth-order valence-corrected chi connectivity index (χ4v) is 7.48. The van der Waals surface area contributed by atoms with Crippen molar-refractivity contribution < 1.29 is 19.4 Å². The summed E-state index contributed by atoms with van der Waals surface area (Å²) in [4.78, 5) is 26.4. The number of carbonyl (C=O) groups is 1. The number of pyridine rings is 1. The maximum Gasteiger partial charge on any atom is 0.409 e. The summed E-state index contributed by atoms with van der Waals surface area (Å²) in [6.45, 7) is 12.9. The summed E-state index contributed by atoms with van der Waals surface area (Å²) in [6.07, 6.45) is 4.75. The number of amides is 1. The number of hydrogen-bond acceptors (Lipinski definition) is 5. The van der Waals surface area contributed by atoms with Gasteiger partial charge in [-0.3, -0.25) is 10.1 Å². The first kappa shape index (κ1) is 36.4. The maximum atomic E-state index is 12.1. The smallest absolute Gasteiger partial charge is 0.409 e. The Morgan fingerprint density at radius 1 is 0.981 bits per heavy atom. The second-order valence-corrected chi connectivity index (χ2v) is 19.4. The summed E-state index contributed by atoms with van der Waals surface area (Å²) >= 11 is 0. The number of fused-ring (bicyclic) bond motifs is 2. The summed E-state index contributed by atoms with van der Waals surface area (Å²) in [5.74, 6) is 0.0332. The summed E-state index contributed by atoms with van der Waals surface area (Å²) in [5, 5.41) is 28.0. The number of rotatable bonds is 12. The molecule has 1 amide bonds. The third-order valence-corrected chi connectivity index (χ3v) is 14.5. The van der Waals surface area contributed by atoms with Crippen molar-refractivity contribution in [3.05, 3.63) is 136 Å². The molecule has 5 N–H and O–H groups in total. The average Bonchev–Trinajstić information content (AvgIpc) is 3.50. The van der Waals surface area contributed by atoms with E-state index in [9.17, 15) is 19.8 Å². The van der Waals surface area contributed by atoms with E-state index in [0.29, 0.717) is 30.8 Å². The second kappa shape index (κ2) is 15.0. The van der Waals surface area contributed by atoms with E-state index < -0.39 is 14.4 Å². The minimum Gasteiger partial charge on any atom is -0.506 e. The Morgan fingerprint density at radius 2 is 1.77 bits per heavy atom. The number of nitrogens with zero attached hydrogens (tertiary/aromatic N) is 1. The number of phenols is 1. The number of anilines is 1. The van der Waals surface area contributed by atoms with E-state index in [1.54, 1.807) is 12.1 Å². The largest absolute Gasteiger partial charge is 0.506 e. The van der Waals surface area contributed by atoms with E-state index in [1.807, 2.05) is 60.7 Å². The van der Waals surface area contributed by atoms with Crippen LogP contribution in [0.15, 0.2) is 114 Å². The number of benzene rings is 4. The SMILES string of the molecule is CC(C)(C)[Si](C)(C)O[C@@H](CNCc1ccc2c(ccn2CC=Cc2ccc(-c3ccccc3)c(NC(=O)O)c2)c1)c1ccc(O)c2[nH]c(=O)ccc12. The van der Waals surface area contributed by atoms with Crippen LogP contribution in [-0.4, -0.2) is 40.7 Å². The van der Waals surface area contributed by atoms with Crippen LogP contribution in [-0.2, 0) is 17.5 Å². The third-order valence-electron chi connectivity index (χ3n) is 9.97. The minimum atomic E-state index is -2.19. The molecule has 0 unspecified atom stereocenters. The van der Waals surface area contributed by atoms with E-state index in [0.717, 1.165) is 44.1 Å². The molecule has 6 rings (SSSR count). The first-order valence-corrected chi connectivity index (χ1v) is 20.4. The van der Waals surface area contributed by atoms with Gasteiger partial charge in [0.25, 0.3) is 0 Å². The van der Waals surface area contributed by atoms with Crippen molar-refractivity contribution in [1.29, 1.82) is 0 Å². The average molecular weight is 715 g/mol. The molecule has 6 aromatic rings. The number of aromatic hydroxyl groups is 1. The van der Waals surface area contributed by atoms with Gasteiger partial charge in [0.2, 0.25) is 5.56 Å². The van der Waals surface area contributed by atoms with Crippen LogP contribution in [0, 0.1) is 0 Å². The normalized spacial score (nSPS) is 12.9. The molecule has 9 nitrogen and oxygen atoms in total. The molecule has 0 aliphatic rings. The number of allylic oxidation sites excluding steroid dienone is 1. The summed E-state index contributed by atoms with van der Waals surface area (Å²) in [5.41, 5.74) is 6.54. The Bertz CT molecular complexity index is 2300. The predicted octanol–water partition coefficient (Wildman–Crippen LogP) is 9.51. The van der Waals surface area contributed by atoms with Crippen molar-refractivity contribution in [3.63, 3.8) is 0 Å². The molecule has 0 radical (unpaired) electrons. The fraction of sp³-hybridized carbons (Fsp3) is 0.238. The van der Waals surface area contributed by atoms with Gasteiger partial charge in [0.15, 0.2) is 8.32 Å². The van der Waals surface area contributed by atoms with Crippen molar-refractivity contribution in [1.82, 2.24) is 14.9 Å². The lowest BCUT2D eigenvalue weighted by Crippen LogP contribution is -2.43. The zero-order chi connectivity index (χ0) is 37.0.